The van der Waals surface area contributed by atoms with Gasteiger partial charge in [-0.15, -0.1) is 12.4 Å². The van der Waals surface area contributed by atoms with Crippen LogP contribution in [-0.4, -0.2) is 32.7 Å². The molecule has 1 aromatic rings. The first kappa shape index (κ1) is 20.7. The van der Waals surface area contributed by atoms with Crippen LogP contribution >= 0.6 is 24.0 Å². The second kappa shape index (κ2) is 8.36. The van der Waals surface area contributed by atoms with Crippen molar-refractivity contribution in [3.05, 3.63) is 22.7 Å². The summed E-state index contributed by atoms with van der Waals surface area (Å²) >= 11 is 6.01. The van der Waals surface area contributed by atoms with Gasteiger partial charge in [-0.1, -0.05) is 17.7 Å². The van der Waals surface area contributed by atoms with Crippen LogP contribution in [0.25, 0.3) is 0 Å². The van der Waals surface area contributed by atoms with Crippen molar-refractivity contribution in [1.82, 2.24) is 0 Å². The lowest BCUT2D eigenvalue weighted by Gasteiger charge is -2.23. The quantitative estimate of drug-likeness (QED) is 0.790. The van der Waals surface area contributed by atoms with Crippen molar-refractivity contribution in [2.24, 2.45) is 5.73 Å². The zero-order chi connectivity index (χ0) is 16.2. The number of rotatable bonds is 6. The Kier molecular flexibility index (Phi) is 7.86. The standard InChI is InChI=1S/C13H16ClF2NO4.ClH/c1-4-21-12(18)13(15,16)11(17)7-5-6-8(19-2)10(20-3)9(7)14;/h5-6,11H,4,17H2,1-3H3;1H/t11-;/m0./s1. The van der Waals surface area contributed by atoms with E-state index in [9.17, 15) is 13.6 Å². The maximum absolute atomic E-state index is 14.0. The van der Waals surface area contributed by atoms with Gasteiger partial charge in [0.05, 0.1) is 25.8 Å². The Labute approximate surface area is 138 Å². The second-order valence-electron chi connectivity index (χ2n) is 4.03. The zero-order valence-corrected chi connectivity index (χ0v) is 13.8. The van der Waals surface area contributed by atoms with Crippen LogP contribution in [0.1, 0.15) is 18.5 Å². The van der Waals surface area contributed by atoms with Gasteiger partial charge in [0.15, 0.2) is 11.5 Å². The third-order valence-corrected chi connectivity index (χ3v) is 3.18. The van der Waals surface area contributed by atoms with E-state index in [-0.39, 0.29) is 41.1 Å². The summed E-state index contributed by atoms with van der Waals surface area (Å²) in [7, 11) is 2.68. The molecule has 126 valence electrons. The molecular weight excluding hydrogens is 343 g/mol. The Hall–Kier alpha value is -1.31. The molecule has 0 aromatic heterocycles. The van der Waals surface area contributed by atoms with E-state index in [1.807, 2.05) is 0 Å². The van der Waals surface area contributed by atoms with Crippen molar-refractivity contribution in [3.8, 4) is 11.5 Å². The summed E-state index contributed by atoms with van der Waals surface area (Å²) in [5, 5.41) is -0.145. The molecule has 0 amide bonds. The van der Waals surface area contributed by atoms with E-state index in [4.69, 9.17) is 26.8 Å². The second-order valence-corrected chi connectivity index (χ2v) is 4.40. The average Bonchev–Trinajstić information content (AvgIpc) is 2.46. The molecule has 0 fully saturated rings. The zero-order valence-electron chi connectivity index (χ0n) is 12.2. The third kappa shape index (κ3) is 3.91. The summed E-state index contributed by atoms with van der Waals surface area (Å²) < 4.78 is 42.2. The maximum atomic E-state index is 14.0. The lowest BCUT2D eigenvalue weighted by Crippen LogP contribution is -2.41. The predicted octanol–water partition coefficient (Wildman–Crippen LogP) is 2.98. The number of carbonyl (C=O) groups excluding carboxylic acids is 1. The molecule has 0 bridgehead atoms. The molecule has 0 radical (unpaired) electrons. The van der Waals surface area contributed by atoms with Crippen LogP contribution in [-0.2, 0) is 9.53 Å². The number of alkyl halides is 2. The van der Waals surface area contributed by atoms with Crippen LogP contribution in [0.15, 0.2) is 12.1 Å². The Morgan fingerprint density at radius 1 is 1.36 bits per heavy atom. The number of hydrogen-bond acceptors (Lipinski definition) is 5. The molecule has 0 unspecified atom stereocenters. The number of halogens is 4. The molecule has 0 heterocycles. The van der Waals surface area contributed by atoms with Crippen LogP contribution < -0.4 is 15.2 Å². The van der Waals surface area contributed by atoms with Gasteiger partial charge in [-0.3, -0.25) is 0 Å². The number of esters is 1. The molecule has 1 aromatic carbocycles. The minimum atomic E-state index is -3.92. The highest BCUT2D eigenvalue weighted by Crippen LogP contribution is 2.42. The Bertz CT molecular complexity index is 529. The average molecular weight is 360 g/mol. The fourth-order valence-corrected chi connectivity index (χ4v) is 2.05. The Balaban J connectivity index is 0.00000441. The van der Waals surface area contributed by atoms with E-state index in [2.05, 4.69) is 4.74 Å². The van der Waals surface area contributed by atoms with Gasteiger partial charge >= 0.3 is 11.9 Å². The smallest absolute Gasteiger partial charge is 0.379 e. The lowest BCUT2D eigenvalue weighted by molar-refractivity contribution is -0.174. The predicted molar refractivity (Wildman–Crippen MR) is 80.3 cm³/mol. The molecule has 5 nitrogen and oxygen atoms in total. The van der Waals surface area contributed by atoms with E-state index in [1.54, 1.807) is 0 Å². The number of hydrogen-bond donors (Lipinski definition) is 1. The van der Waals surface area contributed by atoms with Crippen molar-refractivity contribution < 1.29 is 27.8 Å². The molecule has 0 saturated carbocycles. The van der Waals surface area contributed by atoms with Crippen LogP contribution in [0.4, 0.5) is 8.78 Å². The summed E-state index contributed by atoms with van der Waals surface area (Å²) in [6.07, 6.45) is 0. The topological polar surface area (TPSA) is 70.8 Å². The first-order chi connectivity index (χ1) is 9.81. The lowest BCUT2D eigenvalue weighted by atomic mass is 10.0. The normalized spacial score (nSPS) is 12.1. The molecule has 9 heteroatoms. The Morgan fingerprint density at radius 3 is 2.41 bits per heavy atom. The van der Waals surface area contributed by atoms with Crippen LogP contribution in [0, 0.1) is 0 Å². The third-order valence-electron chi connectivity index (χ3n) is 2.79. The molecule has 2 N–H and O–H groups in total. The monoisotopic (exact) mass is 359 g/mol. The number of ether oxygens (including phenoxy) is 3. The summed E-state index contributed by atoms with van der Waals surface area (Å²) in [6, 6.07) is 0.659. The number of benzene rings is 1. The van der Waals surface area contributed by atoms with Crippen molar-refractivity contribution in [2.45, 2.75) is 18.9 Å². The van der Waals surface area contributed by atoms with Gasteiger partial charge in [-0.2, -0.15) is 8.78 Å². The van der Waals surface area contributed by atoms with Crippen molar-refractivity contribution in [3.63, 3.8) is 0 Å². The van der Waals surface area contributed by atoms with Gasteiger partial charge < -0.3 is 19.9 Å². The summed E-state index contributed by atoms with van der Waals surface area (Å²) in [6.45, 7) is 1.24. The summed E-state index contributed by atoms with van der Waals surface area (Å²) in [5.41, 5.74) is 5.34. The molecule has 0 aliphatic heterocycles. The van der Waals surface area contributed by atoms with Crippen LogP contribution in [0.5, 0.6) is 11.5 Å². The summed E-state index contributed by atoms with van der Waals surface area (Å²) in [5.74, 6) is -5.30. The maximum Gasteiger partial charge on any atom is 0.379 e. The SMILES string of the molecule is CCOC(=O)C(F)(F)[C@@H](N)c1ccc(OC)c(OC)c1Cl.Cl. The van der Waals surface area contributed by atoms with Gasteiger partial charge in [0.2, 0.25) is 0 Å². The van der Waals surface area contributed by atoms with Crippen LogP contribution in [0.2, 0.25) is 5.02 Å². The summed E-state index contributed by atoms with van der Waals surface area (Å²) in [4.78, 5) is 11.3. The largest absolute Gasteiger partial charge is 0.493 e. The highest BCUT2D eigenvalue weighted by molar-refractivity contribution is 6.33. The number of methoxy groups -OCH3 is 2. The molecular formula is C13H17Cl2F2NO4. The fourth-order valence-electron chi connectivity index (χ4n) is 1.69. The number of carbonyl (C=O) groups is 1. The first-order valence-electron chi connectivity index (χ1n) is 6.02. The minimum Gasteiger partial charge on any atom is -0.493 e. The van der Waals surface area contributed by atoms with E-state index < -0.39 is 17.9 Å². The van der Waals surface area contributed by atoms with E-state index in [0.29, 0.717) is 0 Å². The minimum absolute atomic E-state index is 0. The van der Waals surface area contributed by atoms with Gasteiger partial charge in [0.1, 0.15) is 6.04 Å². The van der Waals surface area contributed by atoms with Gasteiger partial charge in [0, 0.05) is 0 Å². The van der Waals surface area contributed by atoms with Gasteiger partial charge in [-0.25, -0.2) is 4.79 Å². The molecule has 0 aliphatic rings. The van der Waals surface area contributed by atoms with Gasteiger partial charge in [0.25, 0.3) is 0 Å². The highest BCUT2D eigenvalue weighted by Gasteiger charge is 2.48. The van der Waals surface area contributed by atoms with E-state index >= 15 is 0 Å². The van der Waals surface area contributed by atoms with E-state index in [0.717, 1.165) is 0 Å². The molecule has 0 spiro atoms. The van der Waals surface area contributed by atoms with Crippen molar-refractivity contribution in [2.75, 3.05) is 20.8 Å². The molecule has 22 heavy (non-hydrogen) atoms. The van der Waals surface area contributed by atoms with Crippen molar-refractivity contribution >= 4 is 30.0 Å². The molecule has 1 atom stereocenters. The van der Waals surface area contributed by atoms with Crippen LogP contribution in [0.3, 0.4) is 0 Å². The fraction of sp³-hybridized carbons (Fsp3) is 0.462. The van der Waals surface area contributed by atoms with E-state index in [1.165, 1.54) is 33.3 Å². The first-order valence-corrected chi connectivity index (χ1v) is 6.40. The highest BCUT2D eigenvalue weighted by atomic mass is 35.5. The molecule has 1 rings (SSSR count). The number of nitrogens with two attached hydrogens (primary N) is 1. The molecule has 0 aliphatic carbocycles. The molecule has 0 saturated heterocycles. The Morgan fingerprint density at radius 2 is 1.95 bits per heavy atom. The van der Waals surface area contributed by atoms with Gasteiger partial charge in [-0.05, 0) is 18.6 Å². The van der Waals surface area contributed by atoms with Crippen molar-refractivity contribution in [1.29, 1.82) is 0 Å².